The fraction of sp³-hybridized carbons (Fsp3) is 0.500. The van der Waals surface area contributed by atoms with Crippen molar-refractivity contribution in [1.82, 2.24) is 0 Å². The van der Waals surface area contributed by atoms with Crippen molar-refractivity contribution in [3.63, 3.8) is 0 Å². The maximum Gasteiger partial charge on any atom is 0.147 e. The summed E-state index contributed by atoms with van der Waals surface area (Å²) >= 11 is 0. The molecule has 0 aromatic carbocycles. The first-order valence-corrected chi connectivity index (χ1v) is 1.57. The van der Waals surface area contributed by atoms with Crippen molar-refractivity contribution in [2.45, 2.75) is 0 Å². The molecule has 0 bridgehead atoms. The van der Waals surface area contributed by atoms with E-state index in [4.69, 9.17) is 0 Å². The summed E-state index contributed by atoms with van der Waals surface area (Å²) in [5.41, 5.74) is 0. The van der Waals surface area contributed by atoms with Crippen LogP contribution in [-0.4, -0.2) is 17.7 Å². The van der Waals surface area contributed by atoms with E-state index in [0.29, 0.717) is 11.5 Å². The van der Waals surface area contributed by atoms with Gasteiger partial charge in [-0.2, -0.15) is 0 Å². The van der Waals surface area contributed by atoms with Crippen LogP contribution in [0.15, 0.2) is 10.2 Å². The number of hydrogen-bond acceptors (Lipinski definition) is 3. The first-order valence-electron chi connectivity index (χ1n) is 1.57. The van der Waals surface area contributed by atoms with E-state index in [1.807, 2.05) is 0 Å². The van der Waals surface area contributed by atoms with Crippen molar-refractivity contribution < 1.29 is 4.97 Å². The minimum atomic E-state index is 0. The molecule has 1 aliphatic heterocycles. The highest BCUT2D eigenvalue weighted by molar-refractivity contribution is 5.85. The molecule has 0 saturated carbocycles. The predicted molar refractivity (Wildman–Crippen MR) is 26.7 cm³/mol. The minimum absolute atomic E-state index is 0. The van der Waals surface area contributed by atoms with E-state index >= 15 is 0 Å². The second-order valence-corrected chi connectivity index (χ2v) is 0.875. The van der Waals surface area contributed by atoms with E-state index in [1.165, 1.54) is 6.21 Å². The molecule has 0 spiro atoms. The Morgan fingerprint density at radius 1 is 1.71 bits per heavy atom. The zero-order chi connectivity index (χ0) is 4.41. The summed E-state index contributed by atoms with van der Waals surface area (Å²) in [6, 6.07) is 0. The van der Waals surface area contributed by atoms with Crippen molar-refractivity contribution in [1.29, 1.82) is 0 Å². The lowest BCUT2D eigenvalue weighted by Gasteiger charge is -1.75. The maximum absolute atomic E-state index is 9.80. The summed E-state index contributed by atoms with van der Waals surface area (Å²) in [5, 5.41) is 16.3. The van der Waals surface area contributed by atoms with Crippen molar-refractivity contribution in [3.8, 4) is 0 Å². The van der Waals surface area contributed by atoms with Crippen molar-refractivity contribution in [3.05, 3.63) is 5.21 Å². The molecule has 40 valence electrons. The van der Waals surface area contributed by atoms with Crippen LogP contribution >= 0.6 is 12.4 Å². The summed E-state index contributed by atoms with van der Waals surface area (Å²) in [6.45, 7) is 0.434. The number of rotatable bonds is 0. The third-order valence-corrected chi connectivity index (χ3v) is 0.465. The molecular weight excluding hydrogens is 117 g/mol. The zero-order valence-corrected chi connectivity index (χ0v) is 4.26. The van der Waals surface area contributed by atoms with Crippen LogP contribution in [0.25, 0.3) is 0 Å². The first kappa shape index (κ1) is 6.36. The average molecular weight is 122 g/mol. The molecular formula is C2H4ClN3O. The number of halogens is 1. The standard InChI is InChI=1S/C2H3N3O.ClH/c6-5-3-1-2-4-5;/h1H,2H2;1H. The Bertz CT molecular complexity index is 107. The molecule has 1 aliphatic rings. The van der Waals surface area contributed by atoms with Gasteiger partial charge in [0.05, 0.1) is 4.97 Å². The van der Waals surface area contributed by atoms with Crippen LogP contribution in [0.5, 0.6) is 0 Å². The Kier molecular flexibility index (Phi) is 2.29. The summed E-state index contributed by atoms with van der Waals surface area (Å²) in [7, 11) is 0. The SMILES string of the molecule is Cl.[O-][N+]1=NCC=N1. The molecule has 0 radical (unpaired) electrons. The molecule has 0 amide bonds. The largest absolute Gasteiger partial charge is 0.570 e. The monoisotopic (exact) mass is 121 g/mol. The molecule has 7 heavy (non-hydrogen) atoms. The van der Waals surface area contributed by atoms with Gasteiger partial charge in [-0.05, 0) is 0 Å². The Labute approximate surface area is 46.5 Å². The van der Waals surface area contributed by atoms with Gasteiger partial charge in [0.1, 0.15) is 12.8 Å². The fourth-order valence-corrected chi connectivity index (χ4v) is 0.249. The fourth-order valence-electron chi connectivity index (χ4n) is 0.249. The van der Waals surface area contributed by atoms with Crippen molar-refractivity contribution in [2.75, 3.05) is 6.54 Å². The normalized spacial score (nSPS) is 15.7. The van der Waals surface area contributed by atoms with Gasteiger partial charge < -0.3 is 5.21 Å². The smallest absolute Gasteiger partial charge is 0.147 e. The molecule has 0 aliphatic carbocycles. The lowest BCUT2D eigenvalue weighted by Crippen LogP contribution is -1.78. The van der Waals surface area contributed by atoms with E-state index in [2.05, 4.69) is 10.2 Å². The van der Waals surface area contributed by atoms with Crippen LogP contribution in [0.3, 0.4) is 0 Å². The van der Waals surface area contributed by atoms with E-state index in [9.17, 15) is 5.21 Å². The quantitative estimate of drug-likeness (QED) is 0.337. The molecule has 0 saturated heterocycles. The number of hydrazone groups is 1. The summed E-state index contributed by atoms with van der Waals surface area (Å²) in [5.74, 6) is 0. The van der Waals surface area contributed by atoms with Crippen LogP contribution in [0, 0.1) is 5.21 Å². The van der Waals surface area contributed by atoms with Crippen LogP contribution in [0.1, 0.15) is 0 Å². The molecule has 0 aromatic rings. The van der Waals surface area contributed by atoms with E-state index in [-0.39, 0.29) is 12.4 Å². The number of nitrogens with zero attached hydrogens (tertiary/aromatic N) is 3. The highest BCUT2D eigenvalue weighted by atomic mass is 35.5. The molecule has 4 nitrogen and oxygen atoms in total. The van der Waals surface area contributed by atoms with Gasteiger partial charge in [0.25, 0.3) is 0 Å². The van der Waals surface area contributed by atoms with Gasteiger partial charge in [-0.1, -0.05) is 0 Å². The molecule has 0 unspecified atom stereocenters. The minimum Gasteiger partial charge on any atom is -0.570 e. The van der Waals surface area contributed by atoms with Gasteiger partial charge in [0.2, 0.25) is 0 Å². The van der Waals surface area contributed by atoms with Gasteiger partial charge >= 0.3 is 0 Å². The van der Waals surface area contributed by atoms with Gasteiger partial charge in [0, 0.05) is 10.2 Å². The van der Waals surface area contributed by atoms with E-state index < -0.39 is 0 Å². The highest BCUT2D eigenvalue weighted by Gasteiger charge is 1.93. The van der Waals surface area contributed by atoms with Crippen LogP contribution < -0.4 is 0 Å². The summed E-state index contributed by atoms with van der Waals surface area (Å²) < 4.78 is 0. The van der Waals surface area contributed by atoms with E-state index in [1.54, 1.807) is 0 Å². The van der Waals surface area contributed by atoms with Crippen LogP contribution in [0.2, 0.25) is 0 Å². The summed E-state index contributed by atoms with van der Waals surface area (Å²) in [6.07, 6.45) is 1.45. The van der Waals surface area contributed by atoms with Gasteiger partial charge in [-0.3, -0.25) is 0 Å². The third kappa shape index (κ3) is 1.50. The Morgan fingerprint density at radius 2 is 2.43 bits per heavy atom. The zero-order valence-electron chi connectivity index (χ0n) is 3.44. The van der Waals surface area contributed by atoms with Gasteiger partial charge in [0.15, 0.2) is 0 Å². The van der Waals surface area contributed by atoms with Gasteiger partial charge in [-0.15, -0.1) is 12.4 Å². The topological polar surface area (TPSA) is 50.8 Å². The molecule has 0 fully saturated rings. The Hall–Kier alpha value is -0.640. The van der Waals surface area contributed by atoms with E-state index in [0.717, 1.165) is 0 Å². The van der Waals surface area contributed by atoms with Gasteiger partial charge in [-0.25, -0.2) is 0 Å². The third-order valence-electron chi connectivity index (χ3n) is 0.465. The summed E-state index contributed by atoms with van der Waals surface area (Å²) in [4.78, 5) is 0.306. The highest BCUT2D eigenvalue weighted by Crippen LogP contribution is 1.81. The molecule has 0 atom stereocenters. The van der Waals surface area contributed by atoms with Crippen molar-refractivity contribution in [2.24, 2.45) is 10.2 Å². The van der Waals surface area contributed by atoms with Crippen LogP contribution in [-0.2, 0) is 0 Å². The molecule has 1 rings (SSSR count). The molecule has 1 heterocycles. The number of hydrogen-bond donors (Lipinski definition) is 0. The van der Waals surface area contributed by atoms with Crippen molar-refractivity contribution >= 4 is 18.6 Å². The second kappa shape index (κ2) is 2.52. The molecule has 5 heteroatoms. The second-order valence-electron chi connectivity index (χ2n) is 0.875. The lowest BCUT2D eigenvalue weighted by atomic mass is 10.8. The predicted octanol–water partition coefficient (Wildman–Crippen LogP) is 0.370. The Balaban J connectivity index is 0.000000360. The lowest BCUT2D eigenvalue weighted by molar-refractivity contribution is -0.528. The van der Waals surface area contributed by atoms with Crippen LogP contribution in [0.4, 0.5) is 0 Å². The molecule has 0 aromatic heterocycles. The molecule has 0 N–H and O–H groups in total. The average Bonchev–Trinajstić information content (AvgIpc) is 1.86. The Morgan fingerprint density at radius 3 is 2.57 bits per heavy atom. The maximum atomic E-state index is 9.80. The first-order chi connectivity index (χ1) is 2.89.